The first-order valence-corrected chi connectivity index (χ1v) is 12.8. The summed E-state index contributed by atoms with van der Waals surface area (Å²) in [7, 11) is 0. The highest BCUT2D eigenvalue weighted by atomic mass is 35.5. The van der Waals surface area contributed by atoms with Gasteiger partial charge in [0.15, 0.2) is 0 Å². The summed E-state index contributed by atoms with van der Waals surface area (Å²) in [5, 5.41) is 21.4. The topological polar surface area (TPSA) is 97.6 Å². The Morgan fingerprint density at radius 2 is 0.703 bits per heavy atom. The standard InChI is InChI=1S/C28H26N8.ClH/c1-2-16-20(26-31-7-8-32-26)14-22(28-35-11-12-36-28)18-4-3-17-21(27-33-9-10-34-27)13-19(25-29-5-6-30-25)15(1)23(17)24(16)18;/h1-4,13-14H,5-12H2,(H,29,30)(H,31,32)(H,33,34)(H,35,36);1H. The third-order valence-electron chi connectivity index (χ3n) is 7.62. The number of rotatable bonds is 4. The minimum absolute atomic E-state index is 0. The van der Waals surface area contributed by atoms with Gasteiger partial charge in [0.25, 0.3) is 0 Å². The third-order valence-corrected chi connectivity index (χ3v) is 7.62. The fourth-order valence-electron chi connectivity index (χ4n) is 6.09. The molecule has 37 heavy (non-hydrogen) atoms. The molecule has 4 aromatic carbocycles. The van der Waals surface area contributed by atoms with Crippen LogP contribution in [0.4, 0.5) is 0 Å². The zero-order valence-electron chi connectivity index (χ0n) is 20.3. The average molecular weight is 511 g/mol. The van der Waals surface area contributed by atoms with Crippen molar-refractivity contribution in [3.8, 4) is 0 Å². The molecule has 0 unspecified atom stereocenters. The van der Waals surface area contributed by atoms with E-state index in [9.17, 15) is 0 Å². The van der Waals surface area contributed by atoms with Crippen LogP contribution >= 0.6 is 12.4 Å². The maximum Gasteiger partial charge on any atom is 0.129 e. The molecule has 0 amide bonds. The largest absolute Gasteiger partial charge is 0.368 e. The SMILES string of the molecule is Cl.c1c(C2=NCCN2)c2ccc3c(C4=NCCN4)cc(C4=NCCN4)c4ccc(c1C1=NCCN1)c2c34. The summed E-state index contributed by atoms with van der Waals surface area (Å²) in [6.07, 6.45) is 0. The molecule has 4 aliphatic rings. The van der Waals surface area contributed by atoms with Crippen LogP contribution in [0, 0.1) is 0 Å². The Bertz CT molecular complexity index is 1460. The van der Waals surface area contributed by atoms with Gasteiger partial charge in [0.05, 0.1) is 26.2 Å². The van der Waals surface area contributed by atoms with Gasteiger partial charge >= 0.3 is 0 Å². The van der Waals surface area contributed by atoms with Gasteiger partial charge < -0.3 is 21.3 Å². The van der Waals surface area contributed by atoms with E-state index < -0.39 is 0 Å². The van der Waals surface area contributed by atoms with Gasteiger partial charge in [-0.2, -0.15) is 0 Å². The van der Waals surface area contributed by atoms with E-state index in [1.807, 2.05) is 0 Å². The molecule has 4 aromatic rings. The molecule has 0 radical (unpaired) electrons. The van der Waals surface area contributed by atoms with Crippen LogP contribution in [0.15, 0.2) is 56.4 Å². The van der Waals surface area contributed by atoms with Crippen LogP contribution in [0.3, 0.4) is 0 Å². The van der Waals surface area contributed by atoms with E-state index in [-0.39, 0.29) is 12.4 Å². The van der Waals surface area contributed by atoms with E-state index in [1.165, 1.54) is 32.3 Å². The Labute approximate surface area is 220 Å². The monoisotopic (exact) mass is 510 g/mol. The Kier molecular flexibility index (Phi) is 5.18. The van der Waals surface area contributed by atoms with Crippen LogP contribution in [0.5, 0.6) is 0 Å². The molecule has 8 rings (SSSR count). The van der Waals surface area contributed by atoms with Crippen molar-refractivity contribution >= 4 is 68.1 Å². The highest BCUT2D eigenvalue weighted by molar-refractivity contribution is 6.34. The van der Waals surface area contributed by atoms with E-state index in [0.29, 0.717) is 0 Å². The zero-order chi connectivity index (χ0) is 23.6. The summed E-state index contributed by atoms with van der Waals surface area (Å²) >= 11 is 0. The smallest absolute Gasteiger partial charge is 0.129 e. The van der Waals surface area contributed by atoms with E-state index >= 15 is 0 Å². The van der Waals surface area contributed by atoms with E-state index in [2.05, 4.69) is 57.7 Å². The van der Waals surface area contributed by atoms with Gasteiger partial charge in [-0.15, -0.1) is 12.4 Å². The van der Waals surface area contributed by atoms with Gasteiger partial charge in [0.2, 0.25) is 0 Å². The molecule has 0 atom stereocenters. The molecule has 0 bridgehead atoms. The summed E-state index contributed by atoms with van der Waals surface area (Å²) in [6, 6.07) is 13.6. The van der Waals surface area contributed by atoms with Crippen molar-refractivity contribution in [1.82, 2.24) is 21.3 Å². The van der Waals surface area contributed by atoms with Gasteiger partial charge in [-0.05, 0) is 44.5 Å². The molecular weight excluding hydrogens is 484 g/mol. The molecular formula is C28H27ClN8. The predicted octanol–water partition coefficient (Wildman–Crippen LogP) is 2.41. The molecule has 0 aromatic heterocycles. The molecule has 9 heteroatoms. The summed E-state index contributed by atoms with van der Waals surface area (Å²) in [6.45, 7) is 6.70. The minimum Gasteiger partial charge on any atom is -0.368 e. The third kappa shape index (κ3) is 3.28. The first-order valence-electron chi connectivity index (χ1n) is 12.8. The fourth-order valence-corrected chi connectivity index (χ4v) is 6.09. The van der Waals surface area contributed by atoms with Crippen molar-refractivity contribution in [3.63, 3.8) is 0 Å². The number of halogens is 1. The van der Waals surface area contributed by atoms with Crippen LogP contribution in [0.2, 0.25) is 0 Å². The van der Waals surface area contributed by atoms with Crippen molar-refractivity contribution < 1.29 is 0 Å². The Morgan fingerprint density at radius 3 is 0.919 bits per heavy atom. The van der Waals surface area contributed by atoms with E-state index in [1.54, 1.807) is 0 Å². The first kappa shape index (κ1) is 22.3. The number of benzene rings is 4. The second-order valence-electron chi connectivity index (χ2n) is 9.64. The maximum atomic E-state index is 4.80. The molecule has 4 aliphatic heterocycles. The quantitative estimate of drug-likeness (QED) is 0.317. The summed E-state index contributed by atoms with van der Waals surface area (Å²) in [5.41, 5.74) is 4.56. The first-order chi connectivity index (χ1) is 17.9. The van der Waals surface area contributed by atoms with Crippen molar-refractivity contribution in [2.45, 2.75) is 0 Å². The van der Waals surface area contributed by atoms with Crippen molar-refractivity contribution in [1.29, 1.82) is 0 Å². The normalized spacial score (nSPS) is 18.7. The van der Waals surface area contributed by atoms with Gasteiger partial charge in [-0.1, -0.05) is 24.3 Å². The fraction of sp³-hybridized carbons (Fsp3) is 0.286. The van der Waals surface area contributed by atoms with Crippen molar-refractivity contribution in [2.24, 2.45) is 20.0 Å². The Balaban J connectivity index is 0.00000231. The lowest BCUT2D eigenvalue weighted by molar-refractivity contribution is 0.959. The van der Waals surface area contributed by atoms with E-state index in [0.717, 1.165) is 98.0 Å². The van der Waals surface area contributed by atoms with Crippen LogP contribution in [0.25, 0.3) is 32.3 Å². The summed E-state index contributed by atoms with van der Waals surface area (Å²) < 4.78 is 0. The van der Waals surface area contributed by atoms with E-state index in [4.69, 9.17) is 20.0 Å². The van der Waals surface area contributed by atoms with Crippen LogP contribution in [-0.2, 0) is 0 Å². The van der Waals surface area contributed by atoms with Crippen molar-refractivity contribution in [2.75, 3.05) is 52.4 Å². The van der Waals surface area contributed by atoms with Crippen molar-refractivity contribution in [3.05, 3.63) is 58.7 Å². The molecule has 4 heterocycles. The minimum atomic E-state index is 0. The highest BCUT2D eigenvalue weighted by Gasteiger charge is 2.25. The molecule has 0 spiro atoms. The number of nitrogens with one attached hydrogen (secondary N) is 4. The lowest BCUT2D eigenvalue weighted by Gasteiger charge is -2.21. The second-order valence-corrected chi connectivity index (χ2v) is 9.64. The maximum absolute atomic E-state index is 4.80. The number of hydrogen-bond donors (Lipinski definition) is 4. The second kappa shape index (κ2) is 8.59. The molecule has 0 aliphatic carbocycles. The molecule has 8 nitrogen and oxygen atoms in total. The number of nitrogens with zero attached hydrogens (tertiary/aromatic N) is 4. The van der Waals surface area contributed by atoms with Crippen LogP contribution in [-0.4, -0.2) is 75.7 Å². The number of amidine groups is 4. The number of aliphatic imine (C=N–C) groups is 4. The molecule has 0 saturated carbocycles. The predicted molar refractivity (Wildman–Crippen MR) is 155 cm³/mol. The highest BCUT2D eigenvalue weighted by Crippen LogP contribution is 2.41. The van der Waals surface area contributed by atoms with Gasteiger partial charge in [-0.25, -0.2) is 0 Å². The number of hydrogen-bond acceptors (Lipinski definition) is 8. The molecule has 0 saturated heterocycles. The average Bonchev–Trinajstić information content (AvgIpc) is 3.74. The lowest BCUT2D eigenvalue weighted by Crippen LogP contribution is -2.24. The van der Waals surface area contributed by atoms with Gasteiger partial charge in [-0.3, -0.25) is 20.0 Å². The van der Waals surface area contributed by atoms with Gasteiger partial charge in [0, 0.05) is 48.4 Å². The summed E-state index contributed by atoms with van der Waals surface area (Å²) in [4.78, 5) is 19.2. The Morgan fingerprint density at radius 1 is 0.432 bits per heavy atom. The molecule has 186 valence electrons. The van der Waals surface area contributed by atoms with Gasteiger partial charge in [0.1, 0.15) is 23.3 Å². The summed E-state index contributed by atoms with van der Waals surface area (Å²) in [5.74, 6) is 3.88. The molecule has 4 N–H and O–H groups in total. The molecule has 0 fully saturated rings. The van der Waals surface area contributed by atoms with Crippen LogP contribution < -0.4 is 21.3 Å². The van der Waals surface area contributed by atoms with Crippen LogP contribution in [0.1, 0.15) is 22.3 Å². The Hall–Kier alpha value is -3.91. The zero-order valence-corrected chi connectivity index (χ0v) is 21.1. The lowest BCUT2D eigenvalue weighted by atomic mass is 9.85.